The summed E-state index contributed by atoms with van der Waals surface area (Å²) in [7, 11) is -4.29. The number of ether oxygens (including phenoxy) is 1. The number of benzene rings is 3. The molecule has 0 radical (unpaired) electrons. The molecule has 12 heteroatoms. The van der Waals surface area contributed by atoms with E-state index < -0.39 is 40.0 Å². The smallest absolute Gasteiger partial charge is 0.264 e. The van der Waals surface area contributed by atoms with Gasteiger partial charge in [-0.2, -0.15) is 0 Å². The number of nitrogens with one attached hydrogen (secondary N) is 1. The van der Waals surface area contributed by atoms with Crippen LogP contribution in [0.25, 0.3) is 0 Å². The molecule has 2 amide bonds. The summed E-state index contributed by atoms with van der Waals surface area (Å²) in [6.07, 6.45) is 0. The van der Waals surface area contributed by atoms with E-state index in [4.69, 9.17) is 39.5 Å². The molecule has 0 fully saturated rings. The molecule has 0 aliphatic carbocycles. The van der Waals surface area contributed by atoms with Gasteiger partial charge in [-0.15, -0.1) is 0 Å². The molecule has 3 aromatic carbocycles. The first kappa shape index (κ1) is 33.5. The van der Waals surface area contributed by atoms with E-state index in [9.17, 15) is 18.0 Å². The standard InChI is InChI=1S/C30H34Cl3N3O5S/c1-6-41-27-10-8-7-9-26(27)36(42(39,40)23-14-12-22(31)13-15-23)19-28(37)35(20(2)29(38)34-30(3,4)5)18-21-11-16-24(32)25(33)17-21/h7-17,20H,6,18-19H2,1-5H3,(H,34,38)/t20-/m0/s1. The number of hydrogen-bond acceptors (Lipinski definition) is 5. The van der Waals surface area contributed by atoms with Crippen molar-refractivity contribution in [1.29, 1.82) is 0 Å². The molecule has 0 saturated carbocycles. The van der Waals surface area contributed by atoms with Crippen molar-refractivity contribution in [3.05, 3.63) is 87.4 Å². The molecule has 42 heavy (non-hydrogen) atoms. The van der Waals surface area contributed by atoms with Gasteiger partial charge in [-0.1, -0.05) is 53.0 Å². The van der Waals surface area contributed by atoms with Crippen LogP contribution in [0.5, 0.6) is 5.75 Å². The number of carbonyl (C=O) groups excluding carboxylic acids is 2. The molecule has 0 unspecified atom stereocenters. The van der Waals surface area contributed by atoms with E-state index in [2.05, 4.69) is 5.32 Å². The van der Waals surface area contributed by atoms with Crippen LogP contribution in [0, 0.1) is 0 Å². The molecule has 226 valence electrons. The van der Waals surface area contributed by atoms with E-state index in [0.29, 0.717) is 15.6 Å². The number of anilines is 1. The van der Waals surface area contributed by atoms with Crippen LogP contribution in [0.1, 0.15) is 40.2 Å². The van der Waals surface area contributed by atoms with Crippen LogP contribution < -0.4 is 14.4 Å². The highest BCUT2D eigenvalue weighted by molar-refractivity contribution is 7.92. The van der Waals surface area contributed by atoms with Gasteiger partial charge in [-0.25, -0.2) is 8.42 Å². The van der Waals surface area contributed by atoms with Gasteiger partial charge in [0.05, 0.1) is 27.2 Å². The first-order valence-corrected chi connectivity index (χ1v) is 15.8. The van der Waals surface area contributed by atoms with Crippen LogP contribution in [0.2, 0.25) is 15.1 Å². The summed E-state index contributed by atoms with van der Waals surface area (Å²) >= 11 is 18.3. The molecular formula is C30H34Cl3N3O5S. The maximum atomic E-state index is 14.1. The van der Waals surface area contributed by atoms with Crippen LogP contribution in [-0.2, 0) is 26.2 Å². The van der Waals surface area contributed by atoms with E-state index >= 15 is 0 Å². The first-order chi connectivity index (χ1) is 19.6. The summed E-state index contributed by atoms with van der Waals surface area (Å²) in [4.78, 5) is 28.6. The highest BCUT2D eigenvalue weighted by atomic mass is 35.5. The summed E-state index contributed by atoms with van der Waals surface area (Å²) in [5.41, 5.74) is 0.211. The zero-order valence-electron chi connectivity index (χ0n) is 24.0. The number of carbonyl (C=O) groups is 2. The first-order valence-electron chi connectivity index (χ1n) is 13.2. The molecule has 0 bridgehead atoms. The molecule has 0 aliphatic rings. The molecular weight excluding hydrogens is 621 g/mol. The maximum absolute atomic E-state index is 14.1. The average Bonchev–Trinajstić information content (AvgIpc) is 2.91. The minimum absolute atomic E-state index is 0.0314. The van der Waals surface area contributed by atoms with Gasteiger partial charge >= 0.3 is 0 Å². The summed E-state index contributed by atoms with van der Waals surface area (Å²) in [6, 6.07) is 16.1. The van der Waals surface area contributed by atoms with Crippen molar-refractivity contribution in [2.75, 3.05) is 17.5 Å². The predicted octanol–water partition coefficient (Wildman–Crippen LogP) is 6.57. The van der Waals surface area contributed by atoms with Crippen molar-refractivity contribution in [2.45, 2.75) is 57.6 Å². The molecule has 8 nitrogen and oxygen atoms in total. The highest BCUT2D eigenvalue weighted by Gasteiger charge is 2.34. The lowest BCUT2D eigenvalue weighted by Crippen LogP contribution is -2.54. The summed E-state index contributed by atoms with van der Waals surface area (Å²) < 4.78 is 34.8. The fourth-order valence-corrected chi connectivity index (χ4v) is 5.95. The Labute approximate surface area is 262 Å². The number of hydrogen-bond donors (Lipinski definition) is 1. The Morgan fingerprint density at radius 1 is 0.952 bits per heavy atom. The zero-order chi connectivity index (χ0) is 31.2. The third kappa shape index (κ3) is 8.53. The van der Waals surface area contributed by atoms with Gasteiger partial charge in [0.25, 0.3) is 10.0 Å². The molecule has 3 aromatic rings. The second-order valence-electron chi connectivity index (χ2n) is 10.6. The number of rotatable bonds is 11. The van der Waals surface area contributed by atoms with Gasteiger partial charge in [0, 0.05) is 17.1 Å². The molecule has 0 heterocycles. The van der Waals surface area contributed by atoms with Gasteiger partial charge in [0.15, 0.2) is 0 Å². The SMILES string of the molecule is CCOc1ccccc1N(CC(=O)N(Cc1ccc(Cl)c(Cl)c1)[C@@H](C)C(=O)NC(C)(C)C)S(=O)(=O)c1ccc(Cl)cc1. The molecule has 0 saturated heterocycles. The van der Waals surface area contributed by atoms with E-state index in [1.54, 1.807) is 56.3 Å². The number of halogens is 3. The fraction of sp³-hybridized carbons (Fsp3) is 0.333. The Morgan fingerprint density at radius 2 is 1.60 bits per heavy atom. The van der Waals surface area contributed by atoms with Crippen LogP contribution >= 0.6 is 34.8 Å². The number of nitrogens with zero attached hydrogens (tertiary/aromatic N) is 2. The lowest BCUT2D eigenvalue weighted by molar-refractivity contribution is -0.140. The average molecular weight is 655 g/mol. The van der Waals surface area contributed by atoms with Crippen molar-refractivity contribution < 1.29 is 22.7 Å². The van der Waals surface area contributed by atoms with Gasteiger partial charge in [0.1, 0.15) is 18.3 Å². The third-order valence-electron chi connectivity index (χ3n) is 6.12. The van der Waals surface area contributed by atoms with Crippen molar-refractivity contribution in [3.8, 4) is 5.75 Å². The number of sulfonamides is 1. The fourth-order valence-electron chi connectivity index (χ4n) is 4.08. The minimum Gasteiger partial charge on any atom is -0.492 e. The van der Waals surface area contributed by atoms with E-state index in [-0.39, 0.29) is 34.5 Å². The summed E-state index contributed by atoms with van der Waals surface area (Å²) in [6.45, 7) is 8.46. The largest absolute Gasteiger partial charge is 0.492 e. The Hall–Kier alpha value is -2.98. The van der Waals surface area contributed by atoms with E-state index in [1.165, 1.54) is 29.2 Å². The Kier molecular flexibility index (Phi) is 11.2. The molecule has 0 spiro atoms. The highest BCUT2D eigenvalue weighted by Crippen LogP contribution is 2.33. The second-order valence-corrected chi connectivity index (χ2v) is 13.7. The Morgan fingerprint density at radius 3 is 2.19 bits per heavy atom. The van der Waals surface area contributed by atoms with Crippen molar-refractivity contribution in [3.63, 3.8) is 0 Å². The van der Waals surface area contributed by atoms with Crippen molar-refractivity contribution >= 4 is 62.3 Å². The maximum Gasteiger partial charge on any atom is 0.264 e. The molecule has 3 rings (SSSR count). The topological polar surface area (TPSA) is 96.0 Å². The Balaban J connectivity index is 2.10. The van der Waals surface area contributed by atoms with Crippen molar-refractivity contribution in [2.24, 2.45) is 0 Å². The van der Waals surface area contributed by atoms with Gasteiger partial charge in [-0.3, -0.25) is 13.9 Å². The normalized spacial score (nSPS) is 12.4. The van der Waals surface area contributed by atoms with Crippen LogP contribution in [-0.4, -0.2) is 49.9 Å². The predicted molar refractivity (Wildman–Crippen MR) is 168 cm³/mol. The molecule has 0 aliphatic heterocycles. The van der Waals surface area contributed by atoms with E-state index in [0.717, 1.165) is 4.31 Å². The van der Waals surface area contributed by atoms with Gasteiger partial charge in [0.2, 0.25) is 11.8 Å². The number of para-hydroxylation sites is 2. The summed E-state index contributed by atoms with van der Waals surface area (Å²) in [5.74, 6) is -0.751. The molecule has 1 N–H and O–H groups in total. The monoisotopic (exact) mass is 653 g/mol. The van der Waals surface area contributed by atoms with Crippen LogP contribution in [0.3, 0.4) is 0 Å². The van der Waals surface area contributed by atoms with Gasteiger partial charge < -0.3 is 15.0 Å². The van der Waals surface area contributed by atoms with Crippen LogP contribution in [0.4, 0.5) is 5.69 Å². The molecule has 0 aromatic heterocycles. The van der Waals surface area contributed by atoms with Crippen molar-refractivity contribution in [1.82, 2.24) is 10.2 Å². The lowest BCUT2D eigenvalue weighted by Gasteiger charge is -2.33. The quantitative estimate of drug-likeness (QED) is 0.252. The zero-order valence-corrected chi connectivity index (χ0v) is 27.1. The molecule has 1 atom stereocenters. The second kappa shape index (κ2) is 14.0. The third-order valence-corrected chi connectivity index (χ3v) is 8.88. The lowest BCUT2D eigenvalue weighted by atomic mass is 10.1. The van der Waals surface area contributed by atoms with E-state index in [1.807, 2.05) is 20.8 Å². The van der Waals surface area contributed by atoms with Gasteiger partial charge in [-0.05, 0) is 88.7 Å². The minimum atomic E-state index is -4.29. The summed E-state index contributed by atoms with van der Waals surface area (Å²) in [5, 5.41) is 3.87. The number of amides is 2. The Bertz CT molecular complexity index is 1530. The van der Waals surface area contributed by atoms with Crippen LogP contribution in [0.15, 0.2) is 71.6 Å².